The summed E-state index contributed by atoms with van der Waals surface area (Å²) in [6.07, 6.45) is -2.02. The van der Waals surface area contributed by atoms with Crippen molar-refractivity contribution in [2.75, 3.05) is 31.3 Å². The van der Waals surface area contributed by atoms with E-state index in [0.29, 0.717) is 29.2 Å². The number of aliphatic hydroxyl groups is 3. The van der Waals surface area contributed by atoms with E-state index in [4.69, 9.17) is 15.2 Å². The molecular formula is C20H25N5O5. The molecule has 0 bridgehead atoms. The Kier molecular flexibility index (Phi) is 5.73. The van der Waals surface area contributed by atoms with E-state index in [9.17, 15) is 15.3 Å². The summed E-state index contributed by atoms with van der Waals surface area (Å²) >= 11 is 0. The quantitative estimate of drug-likeness (QED) is 0.367. The Labute approximate surface area is 172 Å². The van der Waals surface area contributed by atoms with E-state index in [0.717, 1.165) is 17.7 Å². The number of imidazole rings is 1. The third-order valence-electron chi connectivity index (χ3n) is 5.23. The highest BCUT2D eigenvalue weighted by Gasteiger charge is 2.44. The minimum absolute atomic E-state index is 0.408. The molecule has 1 aromatic carbocycles. The lowest BCUT2D eigenvalue weighted by molar-refractivity contribution is -0.0511. The predicted molar refractivity (Wildman–Crippen MR) is 110 cm³/mol. The first-order chi connectivity index (χ1) is 14.5. The molecule has 6 N–H and O–H groups in total. The lowest BCUT2D eigenvalue weighted by atomic mass is 10.1. The summed E-state index contributed by atoms with van der Waals surface area (Å²) in [7, 11) is 1.63. The van der Waals surface area contributed by atoms with Crippen LogP contribution < -0.4 is 15.8 Å². The molecule has 0 aliphatic carbocycles. The van der Waals surface area contributed by atoms with Crippen molar-refractivity contribution in [3.8, 4) is 5.75 Å². The van der Waals surface area contributed by atoms with Crippen LogP contribution in [0.4, 0.5) is 11.5 Å². The second kappa shape index (κ2) is 8.44. The van der Waals surface area contributed by atoms with E-state index in [1.807, 2.05) is 24.3 Å². The first kappa shape index (κ1) is 20.4. The molecule has 10 nitrogen and oxygen atoms in total. The summed E-state index contributed by atoms with van der Waals surface area (Å²) in [6.45, 7) is 0.224. The Hall–Kier alpha value is -2.92. The van der Waals surface area contributed by atoms with Crippen molar-refractivity contribution < 1.29 is 24.8 Å². The van der Waals surface area contributed by atoms with Crippen LogP contribution in [0.1, 0.15) is 11.8 Å². The van der Waals surface area contributed by atoms with E-state index in [1.165, 1.54) is 10.9 Å². The molecule has 0 saturated carbocycles. The number of methoxy groups -OCH3 is 1. The van der Waals surface area contributed by atoms with Crippen LogP contribution in [-0.4, -0.2) is 68.4 Å². The predicted octanol–water partition coefficient (Wildman–Crippen LogP) is 0.288. The van der Waals surface area contributed by atoms with Gasteiger partial charge in [0.05, 0.1) is 25.7 Å². The monoisotopic (exact) mass is 415 g/mol. The average molecular weight is 415 g/mol. The molecule has 4 atom stereocenters. The average Bonchev–Trinajstić information content (AvgIpc) is 3.30. The highest BCUT2D eigenvalue weighted by atomic mass is 16.6. The Morgan fingerprint density at radius 2 is 2.00 bits per heavy atom. The zero-order chi connectivity index (χ0) is 21.3. The van der Waals surface area contributed by atoms with Crippen LogP contribution in [0.2, 0.25) is 0 Å². The fraction of sp³-hybridized carbons (Fsp3) is 0.400. The van der Waals surface area contributed by atoms with Gasteiger partial charge >= 0.3 is 0 Å². The van der Waals surface area contributed by atoms with E-state index < -0.39 is 31.1 Å². The Morgan fingerprint density at radius 1 is 1.23 bits per heavy atom. The SMILES string of the molecule is COc1ccc(CCNc2cc(N)c3ncn([C@@H]4O[C@H](CO)[C@@H](O)[C@H]4O)c3n2)cc1. The topological polar surface area (TPSA) is 148 Å². The number of nitrogens with one attached hydrogen (secondary N) is 1. The number of hydrogen-bond acceptors (Lipinski definition) is 9. The zero-order valence-electron chi connectivity index (χ0n) is 16.5. The first-order valence-corrected chi connectivity index (χ1v) is 9.64. The zero-order valence-corrected chi connectivity index (χ0v) is 16.5. The molecule has 0 amide bonds. The molecule has 1 aliphatic rings. The van der Waals surface area contributed by atoms with Crippen molar-refractivity contribution in [2.24, 2.45) is 0 Å². The molecule has 3 aromatic rings. The summed E-state index contributed by atoms with van der Waals surface area (Å²) in [5.74, 6) is 1.37. The largest absolute Gasteiger partial charge is 0.497 e. The first-order valence-electron chi connectivity index (χ1n) is 9.64. The molecule has 4 rings (SSSR count). The normalized spacial score (nSPS) is 23.7. The number of benzene rings is 1. The lowest BCUT2D eigenvalue weighted by Gasteiger charge is -2.17. The van der Waals surface area contributed by atoms with Crippen molar-refractivity contribution >= 4 is 22.7 Å². The number of hydrogen-bond donors (Lipinski definition) is 5. The minimum Gasteiger partial charge on any atom is -0.497 e. The molecule has 3 heterocycles. The van der Waals surface area contributed by atoms with Crippen LogP contribution in [0.3, 0.4) is 0 Å². The Bertz CT molecular complexity index is 1010. The molecule has 0 unspecified atom stereocenters. The molecule has 0 radical (unpaired) electrons. The number of rotatable bonds is 7. The molecule has 2 aromatic heterocycles. The molecule has 1 fully saturated rings. The van der Waals surface area contributed by atoms with Crippen LogP contribution in [0, 0.1) is 0 Å². The number of aliphatic hydroxyl groups excluding tert-OH is 3. The number of ether oxygens (including phenoxy) is 2. The van der Waals surface area contributed by atoms with E-state index in [-0.39, 0.29) is 0 Å². The van der Waals surface area contributed by atoms with Gasteiger partial charge in [-0.2, -0.15) is 0 Å². The smallest absolute Gasteiger partial charge is 0.166 e. The van der Waals surface area contributed by atoms with Crippen molar-refractivity contribution in [2.45, 2.75) is 31.0 Å². The van der Waals surface area contributed by atoms with Crippen LogP contribution >= 0.6 is 0 Å². The number of nitrogens with zero attached hydrogens (tertiary/aromatic N) is 3. The third kappa shape index (κ3) is 3.77. The maximum Gasteiger partial charge on any atom is 0.166 e. The summed E-state index contributed by atoms with van der Waals surface area (Å²) in [6, 6.07) is 9.53. The second-order valence-corrected chi connectivity index (χ2v) is 7.17. The number of aromatic nitrogens is 3. The Balaban J connectivity index is 1.51. The van der Waals surface area contributed by atoms with Crippen LogP contribution in [0.5, 0.6) is 5.75 Å². The van der Waals surface area contributed by atoms with Crippen molar-refractivity contribution in [1.29, 1.82) is 0 Å². The van der Waals surface area contributed by atoms with E-state index in [2.05, 4.69) is 15.3 Å². The number of anilines is 2. The molecule has 1 aliphatic heterocycles. The molecular weight excluding hydrogens is 390 g/mol. The van der Waals surface area contributed by atoms with Crippen LogP contribution in [-0.2, 0) is 11.2 Å². The Morgan fingerprint density at radius 3 is 2.67 bits per heavy atom. The van der Waals surface area contributed by atoms with Gasteiger partial charge in [-0.15, -0.1) is 0 Å². The highest BCUT2D eigenvalue weighted by molar-refractivity contribution is 5.86. The van der Waals surface area contributed by atoms with Gasteiger partial charge in [0.2, 0.25) is 0 Å². The summed E-state index contributed by atoms with van der Waals surface area (Å²) in [4.78, 5) is 8.82. The number of fused-ring (bicyclic) bond motifs is 1. The fourth-order valence-electron chi connectivity index (χ4n) is 3.54. The second-order valence-electron chi connectivity index (χ2n) is 7.17. The fourth-order valence-corrected chi connectivity index (χ4v) is 3.54. The van der Waals surface area contributed by atoms with Gasteiger partial charge < -0.3 is 35.8 Å². The molecule has 10 heteroatoms. The van der Waals surface area contributed by atoms with Crippen molar-refractivity contribution in [1.82, 2.24) is 14.5 Å². The highest BCUT2D eigenvalue weighted by Crippen LogP contribution is 2.32. The van der Waals surface area contributed by atoms with Gasteiger partial charge in [0.15, 0.2) is 11.9 Å². The van der Waals surface area contributed by atoms with Gasteiger partial charge in [-0.25, -0.2) is 9.97 Å². The van der Waals surface area contributed by atoms with Gasteiger partial charge in [0, 0.05) is 12.6 Å². The molecule has 30 heavy (non-hydrogen) atoms. The third-order valence-corrected chi connectivity index (χ3v) is 5.23. The molecule has 160 valence electrons. The van der Waals surface area contributed by atoms with Gasteiger partial charge in [-0.05, 0) is 24.1 Å². The number of nitrogens with two attached hydrogens (primary N) is 1. The van der Waals surface area contributed by atoms with Crippen LogP contribution in [0.15, 0.2) is 36.7 Å². The van der Waals surface area contributed by atoms with Crippen molar-refractivity contribution in [3.05, 3.63) is 42.2 Å². The molecule has 1 saturated heterocycles. The number of nitrogen functional groups attached to an aromatic ring is 1. The van der Waals surface area contributed by atoms with E-state index >= 15 is 0 Å². The standard InChI is InChI=1S/C20H25N5O5/c1-29-12-4-2-11(3-5-12)6-7-22-15-8-13(21)16-19(24-15)25(10-23-16)20-18(28)17(27)14(9-26)30-20/h2-5,8,10,14,17-18,20,26-28H,6-7,9H2,1H3,(H3,21,22,24)/t14-,17-,18-,20-/m1/s1. The minimum atomic E-state index is -1.23. The van der Waals surface area contributed by atoms with E-state index in [1.54, 1.807) is 13.2 Å². The van der Waals surface area contributed by atoms with Gasteiger partial charge in [0.1, 0.15) is 35.4 Å². The lowest BCUT2D eigenvalue weighted by Crippen LogP contribution is -2.33. The van der Waals surface area contributed by atoms with Gasteiger partial charge in [-0.3, -0.25) is 4.57 Å². The van der Waals surface area contributed by atoms with Crippen LogP contribution in [0.25, 0.3) is 11.2 Å². The summed E-state index contributed by atoms with van der Waals surface area (Å²) in [5.41, 5.74) is 8.59. The molecule has 0 spiro atoms. The summed E-state index contributed by atoms with van der Waals surface area (Å²) < 4.78 is 12.3. The van der Waals surface area contributed by atoms with Gasteiger partial charge in [0.25, 0.3) is 0 Å². The maximum absolute atomic E-state index is 10.3. The van der Waals surface area contributed by atoms with Crippen molar-refractivity contribution in [3.63, 3.8) is 0 Å². The maximum atomic E-state index is 10.3. The summed E-state index contributed by atoms with van der Waals surface area (Å²) in [5, 5.41) is 32.9. The van der Waals surface area contributed by atoms with Gasteiger partial charge in [-0.1, -0.05) is 12.1 Å². The number of pyridine rings is 1.